The Morgan fingerprint density at radius 3 is 2.51 bits per heavy atom. The number of carbonyl (C=O) groups is 3. The zero-order chi connectivity index (χ0) is 46.9. The molecule has 360 valence electrons. The second kappa shape index (κ2) is 18.6. The van der Waals surface area contributed by atoms with E-state index >= 15 is 0 Å². The number of amides is 2. The highest BCUT2D eigenvalue weighted by Gasteiger charge is 2.51. The number of aromatic nitrogens is 3. The van der Waals surface area contributed by atoms with Crippen molar-refractivity contribution in [2.45, 2.75) is 148 Å². The third-order valence-electron chi connectivity index (χ3n) is 15.8. The van der Waals surface area contributed by atoms with E-state index in [0.717, 1.165) is 70.7 Å². The Morgan fingerprint density at radius 1 is 1.06 bits per heavy atom. The van der Waals surface area contributed by atoms with Crippen molar-refractivity contribution in [3.8, 4) is 22.5 Å². The van der Waals surface area contributed by atoms with Crippen molar-refractivity contribution in [3.05, 3.63) is 57.7 Å². The van der Waals surface area contributed by atoms with Gasteiger partial charge in [0.2, 0.25) is 5.91 Å². The number of nitrogens with one attached hydrogen (secondary N) is 2. The van der Waals surface area contributed by atoms with E-state index in [4.69, 9.17) is 28.9 Å². The number of hydrogen-bond donors (Lipinski definition) is 2. The van der Waals surface area contributed by atoms with Crippen LogP contribution in [0.1, 0.15) is 127 Å². The van der Waals surface area contributed by atoms with E-state index in [1.54, 1.807) is 7.11 Å². The summed E-state index contributed by atoms with van der Waals surface area (Å²) < 4.78 is 27.3. The number of benzene rings is 1. The van der Waals surface area contributed by atoms with Crippen LogP contribution in [0.4, 0.5) is 0 Å². The van der Waals surface area contributed by atoms with Gasteiger partial charge in [-0.2, -0.15) is 0 Å². The number of pyridine rings is 1. The first-order chi connectivity index (χ1) is 32.3. The van der Waals surface area contributed by atoms with Crippen LogP contribution >= 0.6 is 11.3 Å². The Morgan fingerprint density at radius 2 is 1.82 bits per heavy atom. The fourth-order valence-electron chi connectivity index (χ4n) is 11.8. The molecule has 8 bridgehead atoms. The summed E-state index contributed by atoms with van der Waals surface area (Å²) >= 11 is 1.42. The Bertz CT molecular complexity index is 2500. The van der Waals surface area contributed by atoms with Crippen molar-refractivity contribution in [1.29, 1.82) is 0 Å². The van der Waals surface area contributed by atoms with Crippen LogP contribution in [0.3, 0.4) is 0 Å². The predicted molar refractivity (Wildman–Crippen MR) is 257 cm³/mol. The third-order valence-corrected chi connectivity index (χ3v) is 16.7. The van der Waals surface area contributed by atoms with Crippen LogP contribution in [0.25, 0.3) is 33.4 Å². The minimum atomic E-state index is -1.08. The first kappa shape index (κ1) is 46.5. The van der Waals surface area contributed by atoms with E-state index < -0.39 is 29.6 Å². The molecule has 2 N–H and O–H groups in total. The molecule has 1 aromatic carbocycles. The molecule has 7 heterocycles. The zero-order valence-corrected chi connectivity index (χ0v) is 41.3. The van der Waals surface area contributed by atoms with Crippen LogP contribution in [0, 0.1) is 23.2 Å². The first-order valence-electron chi connectivity index (χ1n) is 24.9. The number of piperidine rings is 1. The molecule has 4 aliphatic heterocycles. The predicted octanol–water partition coefficient (Wildman–Crippen LogP) is 7.75. The Balaban J connectivity index is 1.10. The van der Waals surface area contributed by atoms with Gasteiger partial charge < -0.3 is 28.8 Å². The van der Waals surface area contributed by atoms with Crippen LogP contribution in [0.15, 0.2) is 35.8 Å². The molecule has 3 aromatic heterocycles. The molecule has 15 heteroatoms. The summed E-state index contributed by atoms with van der Waals surface area (Å²) in [6.45, 7) is 17.7. The number of ether oxygens (including phenoxy) is 4. The number of thiazole rings is 1. The summed E-state index contributed by atoms with van der Waals surface area (Å²) in [7, 11) is 1.75. The van der Waals surface area contributed by atoms with Crippen molar-refractivity contribution in [2.75, 3.05) is 40.1 Å². The first-order valence-corrected chi connectivity index (χ1v) is 25.8. The lowest BCUT2D eigenvalue weighted by molar-refractivity contribution is -0.156. The Hall–Kier alpha value is -4.25. The highest BCUT2D eigenvalue weighted by molar-refractivity contribution is 7.10. The summed E-state index contributed by atoms with van der Waals surface area (Å²) in [6, 6.07) is 8.70. The van der Waals surface area contributed by atoms with E-state index in [0.29, 0.717) is 68.0 Å². The van der Waals surface area contributed by atoms with Gasteiger partial charge in [-0.1, -0.05) is 33.8 Å². The number of hydrazine groups is 1. The molecular formula is C52H69N7O7S. The molecule has 2 amide bonds. The average molecular weight is 936 g/mol. The van der Waals surface area contributed by atoms with Crippen LogP contribution in [0.2, 0.25) is 0 Å². The summed E-state index contributed by atoms with van der Waals surface area (Å²) in [5.74, 6) is -0.359. The van der Waals surface area contributed by atoms with Gasteiger partial charge in [0.1, 0.15) is 23.2 Å². The van der Waals surface area contributed by atoms with E-state index in [2.05, 4.69) is 92.2 Å². The number of aryl methyl sites for hydroxylation is 1. The lowest BCUT2D eigenvalue weighted by Gasteiger charge is -2.49. The molecule has 67 heavy (non-hydrogen) atoms. The molecule has 10 rings (SSSR count). The van der Waals surface area contributed by atoms with Crippen molar-refractivity contribution in [2.24, 2.45) is 23.2 Å². The minimum absolute atomic E-state index is 0.165. The van der Waals surface area contributed by atoms with Crippen molar-refractivity contribution >= 4 is 40.0 Å². The number of cyclic esters (lactones) is 1. The van der Waals surface area contributed by atoms with Crippen molar-refractivity contribution < 1.29 is 33.3 Å². The van der Waals surface area contributed by atoms with Crippen LogP contribution in [-0.2, 0) is 46.3 Å². The van der Waals surface area contributed by atoms with Crippen molar-refractivity contribution in [3.63, 3.8) is 0 Å². The molecule has 0 spiro atoms. The van der Waals surface area contributed by atoms with Crippen molar-refractivity contribution in [1.82, 2.24) is 35.2 Å². The second-order valence-electron chi connectivity index (χ2n) is 21.0. The maximum absolute atomic E-state index is 14.7. The zero-order valence-electron chi connectivity index (χ0n) is 40.5. The number of morpholine rings is 1. The molecule has 4 aromatic rings. The average Bonchev–Trinajstić information content (AvgIpc) is 4.18. The normalized spacial score (nSPS) is 30.4. The molecule has 0 unspecified atom stereocenters. The number of nitrogens with zero attached hydrogens (tertiary/aromatic N) is 5. The van der Waals surface area contributed by atoms with Crippen LogP contribution < -0.4 is 10.7 Å². The smallest absolute Gasteiger partial charge is 0.324 e. The SMILES string of the molecule is CCO[C@@H]1c2nc(cs2)-c2ccc3c(c2)c(c(-c2cc(C4C[C@@H]5COC[C@@H](C4)N5C4CC4)cnc2[C@H](C)OC)n3CC)CC(C)(C)COC(=O)[C@@H]2CCCN(N2)C(=O)[C@H]1NC(=O)[C@H]1[C@H](C)[C@@H]1C. The second-order valence-corrected chi connectivity index (χ2v) is 21.9. The summed E-state index contributed by atoms with van der Waals surface area (Å²) in [5, 5.41) is 8.30. The molecular weight excluding hydrogens is 867 g/mol. The molecule has 0 radical (unpaired) electrons. The van der Waals surface area contributed by atoms with Gasteiger partial charge in [-0.3, -0.25) is 29.3 Å². The summed E-state index contributed by atoms with van der Waals surface area (Å²) in [5.41, 5.74) is 11.0. The van der Waals surface area contributed by atoms with E-state index in [1.165, 1.54) is 34.8 Å². The number of carbonyl (C=O) groups excluding carboxylic acids is 3. The quantitative estimate of drug-likeness (QED) is 0.150. The molecule has 2 saturated carbocycles. The van der Waals surface area contributed by atoms with E-state index in [-0.39, 0.29) is 42.3 Å². The fraction of sp³-hybridized carbons (Fsp3) is 0.635. The standard InChI is InChI=1S/C52H69N7O7S/c1-9-57-42-16-13-31-20-37(42)39(46(57)38-21-33(23-53-44(38)30(5)63-8)32-18-35-24-64-25-36(19-32)59(35)34-14-15-34)22-52(6,7)27-66-51(62)40-12-11-17-58(56-40)50(61)45(55-48(60)43-28(3)29(43)4)47(65-10-2)49-54-41(31)26-67-49/h13,16,20-21,23,26,28-30,32,34-36,40,43,45,47,56H,9-12,14-15,17-19,22,24-25,27H2,1-8H3,(H,55,60)/t28-,29+,30-,35+,36+,40-,43+,45-,47-/m0/s1. The summed E-state index contributed by atoms with van der Waals surface area (Å²) in [6.07, 6.45) is 7.36. The van der Waals surface area contributed by atoms with Gasteiger partial charge in [0.25, 0.3) is 5.91 Å². The monoisotopic (exact) mass is 935 g/mol. The number of esters is 1. The van der Waals surface area contributed by atoms with E-state index in [9.17, 15) is 14.4 Å². The van der Waals surface area contributed by atoms with Gasteiger partial charge in [-0.25, -0.2) is 10.4 Å². The van der Waals surface area contributed by atoms with Gasteiger partial charge in [0.05, 0.1) is 43.0 Å². The molecule has 9 atom stereocenters. The molecule has 3 saturated heterocycles. The Kier molecular flexibility index (Phi) is 12.9. The van der Waals surface area contributed by atoms with Gasteiger partial charge >= 0.3 is 5.97 Å². The lowest BCUT2D eigenvalue weighted by atomic mass is 9.80. The summed E-state index contributed by atoms with van der Waals surface area (Å²) in [4.78, 5) is 55.8. The Labute approximate surface area is 398 Å². The third kappa shape index (κ3) is 8.86. The van der Waals surface area contributed by atoms with Crippen LogP contribution in [0.5, 0.6) is 0 Å². The lowest BCUT2D eigenvalue weighted by Crippen LogP contribution is -2.61. The van der Waals surface area contributed by atoms with Gasteiger partial charge in [0, 0.05) is 89.9 Å². The molecule has 5 fully saturated rings. The van der Waals surface area contributed by atoms with E-state index in [1.807, 2.05) is 12.3 Å². The maximum atomic E-state index is 14.7. The maximum Gasteiger partial charge on any atom is 0.324 e. The number of hydrogen-bond acceptors (Lipinski definition) is 12. The number of methoxy groups -OCH3 is 1. The topological polar surface area (TPSA) is 149 Å². The molecule has 14 nitrogen and oxygen atoms in total. The largest absolute Gasteiger partial charge is 0.464 e. The molecule has 2 aliphatic carbocycles. The van der Waals surface area contributed by atoms with Gasteiger partial charge in [0.15, 0.2) is 0 Å². The molecule has 6 aliphatic rings. The highest BCUT2D eigenvalue weighted by Crippen LogP contribution is 2.48. The number of fused-ring (bicyclic) bond motifs is 8. The number of rotatable bonds is 10. The van der Waals surface area contributed by atoms with Gasteiger partial charge in [-0.15, -0.1) is 11.3 Å². The minimum Gasteiger partial charge on any atom is -0.464 e. The van der Waals surface area contributed by atoms with Crippen LogP contribution in [-0.4, -0.2) is 113 Å². The van der Waals surface area contributed by atoms with Gasteiger partial charge in [-0.05, 0) is 113 Å². The fourth-order valence-corrected chi connectivity index (χ4v) is 12.7. The highest BCUT2D eigenvalue weighted by atomic mass is 32.1.